The second-order valence-corrected chi connectivity index (χ2v) is 6.09. The monoisotopic (exact) mass is 364 g/mol. The minimum atomic E-state index is -0.518. The van der Waals surface area contributed by atoms with E-state index in [0.717, 1.165) is 5.69 Å². The number of carbonyl (C=O) groups is 2. The van der Waals surface area contributed by atoms with Crippen LogP contribution in [0.1, 0.15) is 56.0 Å². The standard InChI is InChI=1S/C20H20N4O3/c1-6-27-20(26)17-11(2)18(23-12(17)3)19(25)15(9-21)7-14-8-16(10-22)24(5)13(14)4/h7-8,23H,6H2,1-5H3/b15-7+. The molecule has 0 saturated heterocycles. The number of Topliss-reactive ketones (excluding diaryl/α,β-unsaturated/α-hetero) is 1. The molecule has 0 unspecified atom stereocenters. The van der Waals surface area contributed by atoms with Gasteiger partial charge in [-0.3, -0.25) is 4.79 Å². The molecule has 0 aliphatic rings. The zero-order valence-electron chi connectivity index (χ0n) is 15.9. The van der Waals surface area contributed by atoms with Crippen LogP contribution < -0.4 is 0 Å². The van der Waals surface area contributed by atoms with Crippen LogP contribution in [-0.4, -0.2) is 27.9 Å². The number of allylic oxidation sites excluding steroid dienone is 1. The number of aromatic amines is 1. The van der Waals surface area contributed by atoms with E-state index in [-0.39, 0.29) is 17.9 Å². The van der Waals surface area contributed by atoms with Crippen LogP contribution >= 0.6 is 0 Å². The van der Waals surface area contributed by atoms with Crippen molar-refractivity contribution in [3.8, 4) is 12.1 Å². The number of nitriles is 2. The molecular weight excluding hydrogens is 344 g/mol. The summed E-state index contributed by atoms with van der Waals surface area (Å²) in [6.45, 7) is 7.04. The lowest BCUT2D eigenvalue weighted by Gasteiger charge is -2.03. The molecule has 7 heteroatoms. The molecule has 138 valence electrons. The number of carbonyl (C=O) groups excluding carboxylic acids is 2. The molecule has 0 amide bonds. The van der Waals surface area contributed by atoms with Gasteiger partial charge in [0.1, 0.15) is 23.4 Å². The van der Waals surface area contributed by atoms with Crippen LogP contribution in [0.15, 0.2) is 11.6 Å². The van der Waals surface area contributed by atoms with E-state index in [2.05, 4.69) is 11.1 Å². The maximum Gasteiger partial charge on any atom is 0.340 e. The van der Waals surface area contributed by atoms with E-state index in [9.17, 15) is 14.9 Å². The molecule has 1 N–H and O–H groups in total. The number of aryl methyl sites for hydroxylation is 1. The summed E-state index contributed by atoms with van der Waals surface area (Å²) in [6.07, 6.45) is 1.46. The number of nitrogens with one attached hydrogen (secondary N) is 1. The van der Waals surface area contributed by atoms with Gasteiger partial charge in [-0.2, -0.15) is 10.5 Å². The number of nitrogens with zero attached hydrogens (tertiary/aromatic N) is 3. The Labute approximate surface area is 157 Å². The average Bonchev–Trinajstić information content (AvgIpc) is 3.08. The average molecular weight is 364 g/mol. The largest absolute Gasteiger partial charge is 0.462 e. The van der Waals surface area contributed by atoms with Crippen molar-refractivity contribution in [1.82, 2.24) is 9.55 Å². The predicted molar refractivity (Wildman–Crippen MR) is 99.0 cm³/mol. The molecule has 7 nitrogen and oxygen atoms in total. The van der Waals surface area contributed by atoms with E-state index in [0.29, 0.717) is 28.1 Å². The molecular formula is C20H20N4O3. The quantitative estimate of drug-likeness (QED) is 0.379. The van der Waals surface area contributed by atoms with Gasteiger partial charge in [-0.15, -0.1) is 0 Å². The van der Waals surface area contributed by atoms with Crippen molar-refractivity contribution in [2.24, 2.45) is 7.05 Å². The third kappa shape index (κ3) is 3.54. The Morgan fingerprint density at radius 2 is 1.96 bits per heavy atom. The first kappa shape index (κ1) is 19.7. The summed E-state index contributed by atoms with van der Waals surface area (Å²) in [5, 5.41) is 18.6. The Kier molecular flexibility index (Phi) is 5.67. The Morgan fingerprint density at radius 3 is 2.48 bits per heavy atom. The van der Waals surface area contributed by atoms with Gasteiger partial charge in [0.15, 0.2) is 0 Å². The first-order valence-corrected chi connectivity index (χ1v) is 8.35. The van der Waals surface area contributed by atoms with E-state index in [4.69, 9.17) is 10.00 Å². The zero-order chi connectivity index (χ0) is 20.3. The van der Waals surface area contributed by atoms with Gasteiger partial charge in [-0.25, -0.2) is 4.79 Å². The smallest absolute Gasteiger partial charge is 0.340 e. The van der Waals surface area contributed by atoms with Crippen molar-refractivity contribution < 1.29 is 14.3 Å². The number of rotatable bonds is 5. The van der Waals surface area contributed by atoms with Crippen molar-refractivity contribution in [3.63, 3.8) is 0 Å². The van der Waals surface area contributed by atoms with Crippen molar-refractivity contribution in [2.75, 3.05) is 6.61 Å². The molecule has 0 aliphatic heterocycles. The molecule has 0 aromatic carbocycles. The third-order valence-corrected chi connectivity index (χ3v) is 4.50. The van der Waals surface area contributed by atoms with E-state index in [1.165, 1.54) is 6.08 Å². The van der Waals surface area contributed by atoms with Crippen molar-refractivity contribution in [2.45, 2.75) is 27.7 Å². The maximum absolute atomic E-state index is 12.9. The maximum atomic E-state index is 12.9. The summed E-state index contributed by atoms with van der Waals surface area (Å²) in [5.74, 6) is -1.03. The highest BCUT2D eigenvalue weighted by atomic mass is 16.5. The molecule has 0 radical (unpaired) electrons. The lowest BCUT2D eigenvalue weighted by atomic mass is 10.0. The minimum absolute atomic E-state index is 0.0899. The molecule has 2 heterocycles. The number of aromatic nitrogens is 2. The summed E-state index contributed by atoms with van der Waals surface area (Å²) in [6, 6.07) is 5.60. The molecule has 0 spiro atoms. The summed E-state index contributed by atoms with van der Waals surface area (Å²) >= 11 is 0. The second kappa shape index (κ2) is 7.76. The number of ketones is 1. The van der Waals surface area contributed by atoms with Gasteiger partial charge >= 0.3 is 5.97 Å². The zero-order valence-corrected chi connectivity index (χ0v) is 15.9. The Hall–Kier alpha value is -3.58. The highest BCUT2D eigenvalue weighted by molar-refractivity contribution is 6.15. The number of esters is 1. The van der Waals surface area contributed by atoms with Crippen LogP contribution in [0, 0.1) is 43.4 Å². The van der Waals surface area contributed by atoms with Crippen LogP contribution in [0.5, 0.6) is 0 Å². The molecule has 0 fully saturated rings. The van der Waals surface area contributed by atoms with E-state index < -0.39 is 11.8 Å². The van der Waals surface area contributed by atoms with Gasteiger partial charge < -0.3 is 14.3 Å². The van der Waals surface area contributed by atoms with Crippen LogP contribution in [0.25, 0.3) is 6.08 Å². The fraction of sp³-hybridized carbons (Fsp3) is 0.300. The molecule has 0 saturated carbocycles. The summed E-state index contributed by atoms with van der Waals surface area (Å²) in [4.78, 5) is 27.9. The molecule has 0 aliphatic carbocycles. The van der Waals surface area contributed by atoms with Gasteiger partial charge in [0, 0.05) is 18.4 Å². The highest BCUT2D eigenvalue weighted by Crippen LogP contribution is 2.23. The Balaban J connectivity index is 2.50. The summed E-state index contributed by atoms with van der Waals surface area (Å²) in [5.41, 5.74) is 3.16. The van der Waals surface area contributed by atoms with Gasteiger partial charge in [-0.1, -0.05) is 0 Å². The fourth-order valence-corrected chi connectivity index (χ4v) is 2.90. The Bertz CT molecular complexity index is 1040. The molecule has 0 bridgehead atoms. The van der Waals surface area contributed by atoms with Crippen molar-refractivity contribution in [3.05, 3.63) is 51.1 Å². The number of H-pyrrole nitrogens is 1. The number of hydrogen-bond donors (Lipinski definition) is 1. The van der Waals surface area contributed by atoms with Gasteiger partial charge in [0.05, 0.1) is 17.9 Å². The predicted octanol–water partition coefficient (Wildman–Crippen LogP) is 3.12. The van der Waals surface area contributed by atoms with Crippen LogP contribution in [0.2, 0.25) is 0 Å². The summed E-state index contributed by atoms with van der Waals surface area (Å²) in [7, 11) is 1.74. The second-order valence-electron chi connectivity index (χ2n) is 6.09. The SMILES string of the molecule is CCOC(=O)c1c(C)[nH]c(C(=O)/C(C#N)=C/c2cc(C#N)n(C)c2C)c1C. The molecule has 27 heavy (non-hydrogen) atoms. The minimum Gasteiger partial charge on any atom is -0.462 e. The van der Waals surface area contributed by atoms with Gasteiger partial charge in [0.2, 0.25) is 5.78 Å². The normalized spacial score (nSPS) is 11.0. The summed E-state index contributed by atoms with van der Waals surface area (Å²) < 4.78 is 6.71. The van der Waals surface area contributed by atoms with E-state index >= 15 is 0 Å². The molecule has 2 rings (SSSR count). The third-order valence-electron chi connectivity index (χ3n) is 4.50. The lowest BCUT2D eigenvalue weighted by molar-refractivity contribution is 0.0525. The van der Waals surface area contributed by atoms with Crippen LogP contribution in [0.3, 0.4) is 0 Å². The van der Waals surface area contributed by atoms with Crippen LogP contribution in [-0.2, 0) is 11.8 Å². The first-order valence-electron chi connectivity index (χ1n) is 8.35. The van der Waals surface area contributed by atoms with E-state index in [1.807, 2.05) is 6.07 Å². The molecule has 2 aromatic rings. The number of ether oxygens (including phenoxy) is 1. The lowest BCUT2D eigenvalue weighted by Crippen LogP contribution is -2.08. The topological polar surface area (TPSA) is 112 Å². The first-order chi connectivity index (χ1) is 12.8. The van der Waals surface area contributed by atoms with E-state index in [1.54, 1.807) is 45.4 Å². The Morgan fingerprint density at radius 1 is 1.30 bits per heavy atom. The molecule has 2 aromatic heterocycles. The fourth-order valence-electron chi connectivity index (χ4n) is 2.90. The van der Waals surface area contributed by atoms with Crippen molar-refractivity contribution >= 4 is 17.8 Å². The van der Waals surface area contributed by atoms with Crippen molar-refractivity contribution in [1.29, 1.82) is 10.5 Å². The highest BCUT2D eigenvalue weighted by Gasteiger charge is 2.25. The number of hydrogen-bond acceptors (Lipinski definition) is 5. The van der Waals surface area contributed by atoms with Crippen LogP contribution in [0.4, 0.5) is 0 Å². The van der Waals surface area contributed by atoms with Gasteiger partial charge in [-0.05, 0) is 51.0 Å². The molecule has 0 atom stereocenters. The van der Waals surface area contributed by atoms with Gasteiger partial charge in [0.25, 0.3) is 0 Å².